The van der Waals surface area contributed by atoms with Crippen molar-refractivity contribution in [3.63, 3.8) is 0 Å². The van der Waals surface area contributed by atoms with Crippen molar-refractivity contribution in [3.8, 4) is 12.1 Å². The molecule has 0 radical (unpaired) electrons. The minimum Gasteiger partial charge on any atom is -0.462 e. The van der Waals surface area contributed by atoms with Gasteiger partial charge in [0.05, 0.1) is 31.3 Å². The molecule has 0 bridgehead atoms. The Kier molecular flexibility index (Phi) is 8.40. The van der Waals surface area contributed by atoms with Crippen molar-refractivity contribution in [2.45, 2.75) is 44.3 Å². The second kappa shape index (κ2) is 12.5. The van der Waals surface area contributed by atoms with Gasteiger partial charge in [-0.2, -0.15) is 15.2 Å². The normalized spacial score (nSPS) is 20.8. The Morgan fingerprint density at radius 2 is 1.98 bits per heavy atom. The van der Waals surface area contributed by atoms with Crippen LogP contribution in [0.1, 0.15) is 30.5 Å². The lowest BCUT2D eigenvalue weighted by atomic mass is 10.0. The van der Waals surface area contributed by atoms with Gasteiger partial charge in [0, 0.05) is 69.0 Å². The number of nitriles is 1. The fourth-order valence-electron chi connectivity index (χ4n) is 6.45. The molecule has 0 saturated carbocycles. The van der Waals surface area contributed by atoms with Crippen molar-refractivity contribution in [2.75, 3.05) is 69.8 Å². The second-order valence-electron chi connectivity index (χ2n) is 11.7. The summed E-state index contributed by atoms with van der Waals surface area (Å²) >= 11 is 0. The fourth-order valence-corrected chi connectivity index (χ4v) is 6.45. The lowest BCUT2D eigenvalue weighted by molar-refractivity contribution is -0.130. The van der Waals surface area contributed by atoms with E-state index in [-0.39, 0.29) is 18.0 Å². The van der Waals surface area contributed by atoms with Crippen LogP contribution in [0.3, 0.4) is 0 Å². The maximum absolute atomic E-state index is 12.4. The summed E-state index contributed by atoms with van der Waals surface area (Å²) in [7, 11) is 3.59. The van der Waals surface area contributed by atoms with Gasteiger partial charge in [0.15, 0.2) is 0 Å². The molecule has 3 aromatic rings. The molecule has 42 heavy (non-hydrogen) atoms. The lowest BCUT2D eigenvalue weighted by Gasteiger charge is -2.37. The van der Waals surface area contributed by atoms with Crippen LogP contribution in [0.2, 0.25) is 0 Å². The summed E-state index contributed by atoms with van der Waals surface area (Å²) in [5.41, 5.74) is 3.39. The average molecular weight is 569 g/mol. The molecule has 2 fully saturated rings. The summed E-state index contributed by atoms with van der Waals surface area (Å²) in [6.07, 6.45) is 3.34. The van der Waals surface area contributed by atoms with Crippen molar-refractivity contribution >= 4 is 28.2 Å². The van der Waals surface area contributed by atoms with Crippen LogP contribution >= 0.6 is 0 Å². The van der Waals surface area contributed by atoms with Gasteiger partial charge in [0.25, 0.3) is 0 Å². The standard InChI is InChI=1S/C32H40N8O2/c1-37(2)30(41)21-38-16-6-9-25(38)22-42-32-35-28-20-39(29-11-5-8-23-7-3-4-10-26(23)29)17-13-27(28)31(36-32)40-18-15-34-24(19-40)12-14-33/h3-5,7-8,10-11,24-25,34H,6,9,12-13,15-22H2,1-2H3/t24-,25+/m1/s1. The molecule has 220 valence electrons. The highest BCUT2D eigenvalue weighted by Crippen LogP contribution is 2.34. The van der Waals surface area contributed by atoms with E-state index in [0.29, 0.717) is 32.1 Å². The summed E-state index contributed by atoms with van der Waals surface area (Å²) in [4.78, 5) is 30.9. The molecule has 0 aliphatic carbocycles. The van der Waals surface area contributed by atoms with Crippen LogP contribution < -0.4 is 19.9 Å². The van der Waals surface area contributed by atoms with Gasteiger partial charge in [-0.05, 0) is 37.3 Å². The molecule has 2 aromatic carbocycles. The first kappa shape index (κ1) is 28.2. The third kappa shape index (κ3) is 5.98. The van der Waals surface area contributed by atoms with Gasteiger partial charge < -0.3 is 24.8 Å². The number of likely N-dealkylation sites (N-methyl/N-ethyl adjacent to an activating group) is 1. The smallest absolute Gasteiger partial charge is 0.318 e. The summed E-state index contributed by atoms with van der Waals surface area (Å²) in [6, 6.07) is 18.0. The number of piperazine rings is 1. The second-order valence-corrected chi connectivity index (χ2v) is 11.7. The quantitative estimate of drug-likeness (QED) is 0.440. The molecule has 10 nitrogen and oxygen atoms in total. The zero-order valence-electron chi connectivity index (χ0n) is 24.6. The number of anilines is 2. The molecule has 3 aliphatic rings. The number of aromatic nitrogens is 2. The molecule has 2 saturated heterocycles. The van der Waals surface area contributed by atoms with Crippen molar-refractivity contribution in [1.29, 1.82) is 5.26 Å². The van der Waals surface area contributed by atoms with E-state index in [0.717, 1.165) is 63.5 Å². The zero-order chi connectivity index (χ0) is 29.1. The first-order valence-corrected chi connectivity index (χ1v) is 15.0. The number of rotatable bonds is 8. The number of ether oxygens (including phenoxy) is 1. The van der Waals surface area contributed by atoms with Crippen LogP contribution in [0.15, 0.2) is 42.5 Å². The van der Waals surface area contributed by atoms with Gasteiger partial charge in [-0.15, -0.1) is 0 Å². The van der Waals surface area contributed by atoms with Crippen molar-refractivity contribution in [2.24, 2.45) is 0 Å². The summed E-state index contributed by atoms with van der Waals surface area (Å²) < 4.78 is 6.34. The van der Waals surface area contributed by atoms with E-state index >= 15 is 0 Å². The lowest BCUT2D eigenvalue weighted by Crippen LogP contribution is -2.51. The number of fused-ring (bicyclic) bond motifs is 2. The Bertz CT molecular complexity index is 1470. The number of nitrogens with one attached hydrogen (secondary N) is 1. The van der Waals surface area contributed by atoms with Crippen LogP contribution in [-0.2, 0) is 17.8 Å². The third-order valence-corrected chi connectivity index (χ3v) is 8.76. The van der Waals surface area contributed by atoms with E-state index in [1.165, 1.54) is 22.0 Å². The molecule has 10 heteroatoms. The van der Waals surface area contributed by atoms with Gasteiger partial charge in [-0.3, -0.25) is 9.69 Å². The summed E-state index contributed by atoms with van der Waals surface area (Å²) in [5, 5.41) is 15.3. The molecule has 0 spiro atoms. The van der Waals surface area contributed by atoms with E-state index < -0.39 is 0 Å². The highest BCUT2D eigenvalue weighted by molar-refractivity contribution is 5.94. The SMILES string of the molecule is CN(C)C(=O)CN1CCC[C@H]1COc1nc2c(c(N3CCN[C@H](CC#N)C3)n1)CCN(c1cccc3ccccc13)C2. The number of nitrogens with zero attached hydrogens (tertiary/aromatic N) is 7. The van der Waals surface area contributed by atoms with E-state index in [1.807, 2.05) is 0 Å². The Morgan fingerprint density at radius 1 is 1.12 bits per heavy atom. The highest BCUT2D eigenvalue weighted by Gasteiger charge is 2.31. The maximum Gasteiger partial charge on any atom is 0.318 e. The zero-order valence-corrected chi connectivity index (χ0v) is 24.6. The molecule has 6 rings (SSSR count). The molecule has 1 aromatic heterocycles. The Morgan fingerprint density at radius 3 is 2.83 bits per heavy atom. The van der Waals surface area contributed by atoms with Crippen LogP contribution in [0, 0.1) is 11.3 Å². The van der Waals surface area contributed by atoms with Gasteiger partial charge in [-0.25, -0.2) is 0 Å². The minimum atomic E-state index is 0.105. The van der Waals surface area contributed by atoms with Crippen molar-refractivity contribution in [3.05, 3.63) is 53.7 Å². The van der Waals surface area contributed by atoms with Gasteiger partial charge in [0.2, 0.25) is 5.91 Å². The highest BCUT2D eigenvalue weighted by atomic mass is 16.5. The molecule has 0 unspecified atom stereocenters. The van der Waals surface area contributed by atoms with Crippen LogP contribution in [-0.4, -0.2) is 97.7 Å². The number of carbonyl (C=O) groups is 1. The molecular formula is C32H40N8O2. The van der Waals surface area contributed by atoms with Gasteiger partial charge in [-0.1, -0.05) is 36.4 Å². The number of amides is 1. The Hall–Kier alpha value is -3.94. The van der Waals surface area contributed by atoms with E-state index in [1.54, 1.807) is 19.0 Å². The molecular weight excluding hydrogens is 528 g/mol. The number of hydrogen-bond donors (Lipinski definition) is 1. The molecule has 2 atom stereocenters. The largest absolute Gasteiger partial charge is 0.462 e. The topological polar surface area (TPSA) is 101 Å². The monoisotopic (exact) mass is 568 g/mol. The maximum atomic E-state index is 12.4. The van der Waals surface area contributed by atoms with Crippen LogP contribution in [0.5, 0.6) is 6.01 Å². The third-order valence-electron chi connectivity index (χ3n) is 8.76. The predicted octanol–water partition coefficient (Wildman–Crippen LogP) is 2.82. The molecule has 4 heterocycles. The number of likely N-dealkylation sites (tertiary alicyclic amines) is 1. The van der Waals surface area contributed by atoms with Crippen molar-refractivity contribution in [1.82, 2.24) is 25.1 Å². The minimum absolute atomic E-state index is 0.105. The Balaban J connectivity index is 1.28. The average Bonchev–Trinajstić information content (AvgIpc) is 3.46. The number of benzene rings is 2. The summed E-state index contributed by atoms with van der Waals surface area (Å²) in [5.74, 6) is 1.04. The van der Waals surface area contributed by atoms with Crippen molar-refractivity contribution < 1.29 is 9.53 Å². The number of carbonyl (C=O) groups excluding carboxylic acids is 1. The number of hydrogen-bond acceptors (Lipinski definition) is 9. The van der Waals surface area contributed by atoms with E-state index in [4.69, 9.17) is 14.7 Å². The first-order valence-electron chi connectivity index (χ1n) is 15.0. The van der Waals surface area contributed by atoms with E-state index in [2.05, 4.69) is 68.6 Å². The molecule has 3 aliphatic heterocycles. The van der Waals surface area contributed by atoms with Crippen LogP contribution in [0.25, 0.3) is 10.8 Å². The van der Waals surface area contributed by atoms with Gasteiger partial charge >= 0.3 is 6.01 Å². The van der Waals surface area contributed by atoms with Gasteiger partial charge in [0.1, 0.15) is 12.4 Å². The predicted molar refractivity (Wildman–Crippen MR) is 164 cm³/mol. The first-order chi connectivity index (χ1) is 20.5. The summed E-state index contributed by atoms with van der Waals surface area (Å²) in [6.45, 7) is 5.65. The fraction of sp³-hybridized carbons (Fsp3) is 0.500. The molecule has 1 amide bonds. The van der Waals surface area contributed by atoms with Crippen LogP contribution in [0.4, 0.5) is 11.5 Å². The van der Waals surface area contributed by atoms with E-state index in [9.17, 15) is 10.1 Å². The Labute approximate surface area is 247 Å². The molecule has 1 N–H and O–H groups in total.